The summed E-state index contributed by atoms with van der Waals surface area (Å²) < 4.78 is 0. The summed E-state index contributed by atoms with van der Waals surface area (Å²) in [6.45, 7) is 0. The van der Waals surface area contributed by atoms with Gasteiger partial charge >= 0.3 is 0 Å². The summed E-state index contributed by atoms with van der Waals surface area (Å²) in [4.78, 5) is 0. The van der Waals surface area contributed by atoms with E-state index in [1.807, 2.05) is 18.2 Å². The van der Waals surface area contributed by atoms with Crippen LogP contribution in [-0.4, -0.2) is 0 Å². The monoisotopic (exact) mass is 190 g/mol. The molecule has 2 heteroatoms. The fraction of sp³-hybridized carbons (Fsp3) is 0.500. The van der Waals surface area contributed by atoms with Crippen molar-refractivity contribution in [1.82, 2.24) is 0 Å². The Kier molecular flexibility index (Phi) is 2.62. The Hall–Kier alpha value is -1.18. The van der Waals surface area contributed by atoms with Gasteiger partial charge in [0.05, 0.1) is 0 Å². The van der Waals surface area contributed by atoms with Crippen molar-refractivity contribution < 1.29 is 0 Å². The second kappa shape index (κ2) is 3.91. The maximum Gasteiger partial charge on any atom is 0.0370 e. The first-order valence-electron chi connectivity index (χ1n) is 5.43. The molecular weight excluding hydrogens is 172 g/mol. The molecule has 1 saturated carbocycles. The molecule has 2 nitrogen and oxygen atoms in total. The van der Waals surface area contributed by atoms with Gasteiger partial charge < -0.3 is 11.5 Å². The van der Waals surface area contributed by atoms with Crippen LogP contribution in [0.25, 0.3) is 0 Å². The summed E-state index contributed by atoms with van der Waals surface area (Å²) in [7, 11) is 0. The molecule has 1 aromatic carbocycles. The van der Waals surface area contributed by atoms with E-state index in [9.17, 15) is 0 Å². The molecule has 2 rings (SSSR count). The van der Waals surface area contributed by atoms with E-state index in [1.54, 1.807) is 0 Å². The van der Waals surface area contributed by atoms with Crippen LogP contribution in [0.3, 0.4) is 0 Å². The minimum absolute atomic E-state index is 0.602. The van der Waals surface area contributed by atoms with E-state index in [0.717, 1.165) is 11.4 Å². The first kappa shape index (κ1) is 9.38. The summed E-state index contributed by atoms with van der Waals surface area (Å²) in [6, 6.07) is 5.84. The van der Waals surface area contributed by atoms with Gasteiger partial charge in [-0.25, -0.2) is 0 Å². The lowest BCUT2D eigenvalue weighted by Crippen LogP contribution is -2.09. The van der Waals surface area contributed by atoms with E-state index in [1.165, 1.54) is 37.7 Å². The highest BCUT2D eigenvalue weighted by Crippen LogP contribution is 2.38. The van der Waals surface area contributed by atoms with Crippen molar-refractivity contribution in [2.45, 2.75) is 38.0 Å². The van der Waals surface area contributed by atoms with Crippen LogP contribution in [-0.2, 0) is 0 Å². The van der Waals surface area contributed by atoms with Gasteiger partial charge in [0.25, 0.3) is 0 Å². The minimum atomic E-state index is 0.602. The topological polar surface area (TPSA) is 52.0 Å². The van der Waals surface area contributed by atoms with E-state index in [2.05, 4.69) is 0 Å². The van der Waals surface area contributed by atoms with Crippen LogP contribution in [0.1, 0.15) is 43.6 Å². The van der Waals surface area contributed by atoms with Crippen LogP contribution in [0.4, 0.5) is 11.4 Å². The molecule has 1 aromatic rings. The van der Waals surface area contributed by atoms with Crippen LogP contribution in [0.15, 0.2) is 18.2 Å². The van der Waals surface area contributed by atoms with E-state index in [-0.39, 0.29) is 0 Å². The third kappa shape index (κ3) is 1.69. The predicted molar refractivity (Wildman–Crippen MR) is 61.1 cm³/mol. The number of hydrogen-bond donors (Lipinski definition) is 2. The minimum Gasteiger partial charge on any atom is -0.398 e. The molecule has 0 amide bonds. The summed E-state index contributed by atoms with van der Waals surface area (Å²) in [5, 5.41) is 0. The third-order valence-corrected chi connectivity index (χ3v) is 3.19. The predicted octanol–water partition coefficient (Wildman–Crippen LogP) is 2.90. The maximum atomic E-state index is 5.97. The van der Waals surface area contributed by atoms with Crippen molar-refractivity contribution in [3.63, 3.8) is 0 Å². The van der Waals surface area contributed by atoms with E-state index in [0.29, 0.717) is 5.92 Å². The summed E-state index contributed by atoms with van der Waals surface area (Å²) in [5.74, 6) is 0.602. The molecule has 76 valence electrons. The van der Waals surface area contributed by atoms with Crippen LogP contribution >= 0.6 is 0 Å². The zero-order valence-corrected chi connectivity index (χ0v) is 8.50. The van der Waals surface area contributed by atoms with Crippen molar-refractivity contribution in [2.24, 2.45) is 0 Å². The third-order valence-electron chi connectivity index (χ3n) is 3.19. The highest BCUT2D eigenvalue weighted by Gasteiger charge is 2.19. The summed E-state index contributed by atoms with van der Waals surface area (Å²) in [5.41, 5.74) is 14.9. The van der Waals surface area contributed by atoms with Gasteiger partial charge in [-0.3, -0.25) is 0 Å². The molecule has 1 aliphatic carbocycles. The van der Waals surface area contributed by atoms with Crippen LogP contribution < -0.4 is 11.5 Å². The molecule has 0 atom stereocenters. The Labute approximate surface area is 85.3 Å². The molecule has 0 bridgehead atoms. The largest absolute Gasteiger partial charge is 0.398 e. The number of hydrogen-bond acceptors (Lipinski definition) is 2. The number of anilines is 2. The molecule has 0 heterocycles. The molecule has 14 heavy (non-hydrogen) atoms. The van der Waals surface area contributed by atoms with E-state index < -0.39 is 0 Å². The van der Waals surface area contributed by atoms with Crippen LogP contribution in [0, 0.1) is 0 Å². The first-order chi connectivity index (χ1) is 6.79. The van der Waals surface area contributed by atoms with Crippen LogP contribution in [0.5, 0.6) is 0 Å². The zero-order chi connectivity index (χ0) is 9.97. The molecule has 0 saturated heterocycles. The van der Waals surface area contributed by atoms with Gasteiger partial charge in [0.2, 0.25) is 0 Å². The molecule has 0 aromatic heterocycles. The number of rotatable bonds is 1. The molecular formula is C12H18N2. The Morgan fingerprint density at radius 3 is 2.07 bits per heavy atom. The second-order valence-corrected chi connectivity index (χ2v) is 4.19. The van der Waals surface area contributed by atoms with Gasteiger partial charge in [-0.1, -0.05) is 25.3 Å². The molecule has 0 radical (unpaired) electrons. The number of nitrogens with two attached hydrogens (primary N) is 2. The highest BCUT2D eigenvalue weighted by molar-refractivity contribution is 5.62. The van der Waals surface area contributed by atoms with Gasteiger partial charge in [-0.15, -0.1) is 0 Å². The van der Waals surface area contributed by atoms with Gasteiger partial charge in [-0.2, -0.15) is 0 Å². The van der Waals surface area contributed by atoms with Gasteiger partial charge in [0.1, 0.15) is 0 Å². The molecule has 0 unspecified atom stereocenters. The maximum absolute atomic E-state index is 5.97. The van der Waals surface area contributed by atoms with Gasteiger partial charge in [-0.05, 0) is 30.9 Å². The lowest BCUT2D eigenvalue weighted by atomic mass is 9.82. The van der Waals surface area contributed by atoms with Crippen molar-refractivity contribution in [2.75, 3.05) is 11.5 Å². The Bertz CT molecular complexity index is 294. The highest BCUT2D eigenvalue weighted by atomic mass is 14.6. The standard InChI is InChI=1S/C12H18N2/c13-10-7-4-8-11(14)12(10)9-5-2-1-3-6-9/h4,7-9H,1-3,5-6,13-14H2. The van der Waals surface area contributed by atoms with E-state index >= 15 is 0 Å². The molecule has 1 aliphatic rings. The Balaban J connectivity index is 2.29. The quantitative estimate of drug-likeness (QED) is 0.669. The summed E-state index contributed by atoms with van der Waals surface area (Å²) >= 11 is 0. The Morgan fingerprint density at radius 1 is 0.929 bits per heavy atom. The van der Waals surface area contributed by atoms with Gasteiger partial charge in [0, 0.05) is 16.9 Å². The number of nitrogen functional groups attached to an aromatic ring is 2. The molecule has 1 fully saturated rings. The normalized spacial score (nSPS) is 18.3. The lowest BCUT2D eigenvalue weighted by Gasteiger charge is -2.24. The van der Waals surface area contributed by atoms with Crippen LogP contribution in [0.2, 0.25) is 0 Å². The van der Waals surface area contributed by atoms with Gasteiger partial charge in [0.15, 0.2) is 0 Å². The average molecular weight is 190 g/mol. The van der Waals surface area contributed by atoms with Crippen molar-refractivity contribution in [1.29, 1.82) is 0 Å². The average Bonchev–Trinajstić information content (AvgIpc) is 2.19. The molecule has 4 N–H and O–H groups in total. The van der Waals surface area contributed by atoms with Crippen molar-refractivity contribution in [3.8, 4) is 0 Å². The Morgan fingerprint density at radius 2 is 1.50 bits per heavy atom. The fourth-order valence-corrected chi connectivity index (χ4v) is 2.46. The zero-order valence-electron chi connectivity index (χ0n) is 8.50. The lowest BCUT2D eigenvalue weighted by molar-refractivity contribution is 0.445. The molecule has 0 aliphatic heterocycles. The fourth-order valence-electron chi connectivity index (χ4n) is 2.46. The number of benzene rings is 1. The first-order valence-corrected chi connectivity index (χ1v) is 5.43. The SMILES string of the molecule is Nc1cccc(N)c1C1CCCCC1. The second-order valence-electron chi connectivity index (χ2n) is 4.19. The summed E-state index contributed by atoms with van der Waals surface area (Å²) in [6.07, 6.45) is 6.50. The molecule has 0 spiro atoms. The van der Waals surface area contributed by atoms with Crippen molar-refractivity contribution >= 4 is 11.4 Å². The van der Waals surface area contributed by atoms with E-state index in [4.69, 9.17) is 11.5 Å². The smallest absolute Gasteiger partial charge is 0.0370 e. The van der Waals surface area contributed by atoms with Crippen molar-refractivity contribution in [3.05, 3.63) is 23.8 Å².